The van der Waals surface area contributed by atoms with Crippen LogP contribution in [0.2, 0.25) is 0 Å². The number of carbonyl (C=O) groups excluding carboxylic acids is 1. The van der Waals surface area contributed by atoms with E-state index in [1.807, 2.05) is 0 Å². The van der Waals surface area contributed by atoms with Gasteiger partial charge in [-0.1, -0.05) is 12.1 Å². The first-order chi connectivity index (χ1) is 11.9. The molecule has 1 unspecified atom stereocenters. The first kappa shape index (κ1) is 18.7. The Bertz CT molecular complexity index is 815. The van der Waals surface area contributed by atoms with E-state index in [4.69, 9.17) is 14.6 Å². The SMILES string of the molecule is COc1ccc(C(=O)CS(=O)Cc2cccc(C(=O)O)c2)c(OC)c1. The minimum atomic E-state index is -1.47. The molecule has 0 bridgehead atoms. The summed E-state index contributed by atoms with van der Waals surface area (Å²) < 4.78 is 22.5. The summed E-state index contributed by atoms with van der Waals surface area (Å²) in [6, 6.07) is 11.0. The Balaban J connectivity index is 2.09. The lowest BCUT2D eigenvalue weighted by Gasteiger charge is -2.09. The summed E-state index contributed by atoms with van der Waals surface area (Å²) in [7, 11) is 1.49. The molecular formula is C18H18O6S. The molecule has 0 spiro atoms. The van der Waals surface area contributed by atoms with Gasteiger partial charge in [0.05, 0.1) is 31.1 Å². The van der Waals surface area contributed by atoms with E-state index in [1.54, 1.807) is 30.3 Å². The van der Waals surface area contributed by atoms with E-state index < -0.39 is 16.8 Å². The molecule has 0 fully saturated rings. The number of methoxy groups -OCH3 is 2. The van der Waals surface area contributed by atoms with Gasteiger partial charge >= 0.3 is 5.97 Å². The van der Waals surface area contributed by atoms with Crippen LogP contribution in [0.4, 0.5) is 0 Å². The van der Waals surface area contributed by atoms with E-state index in [1.165, 1.54) is 26.4 Å². The summed E-state index contributed by atoms with van der Waals surface area (Å²) >= 11 is 0. The zero-order valence-electron chi connectivity index (χ0n) is 13.9. The van der Waals surface area contributed by atoms with E-state index >= 15 is 0 Å². The Morgan fingerprint density at radius 3 is 2.48 bits per heavy atom. The van der Waals surface area contributed by atoms with Crippen molar-refractivity contribution < 1.29 is 28.4 Å². The smallest absolute Gasteiger partial charge is 0.335 e. The molecule has 132 valence electrons. The molecule has 0 amide bonds. The fraction of sp³-hybridized carbons (Fsp3) is 0.222. The zero-order chi connectivity index (χ0) is 18.4. The zero-order valence-corrected chi connectivity index (χ0v) is 14.7. The fourth-order valence-electron chi connectivity index (χ4n) is 2.28. The van der Waals surface area contributed by atoms with Gasteiger partial charge in [-0.05, 0) is 29.8 Å². The number of aromatic carboxylic acids is 1. The second-order valence-corrected chi connectivity index (χ2v) is 6.68. The molecule has 2 aromatic rings. The average molecular weight is 362 g/mol. The topological polar surface area (TPSA) is 89.9 Å². The summed E-state index contributed by atoms with van der Waals surface area (Å²) in [4.78, 5) is 23.4. The van der Waals surface area contributed by atoms with Gasteiger partial charge < -0.3 is 14.6 Å². The molecule has 0 aromatic heterocycles. The van der Waals surface area contributed by atoms with Gasteiger partial charge in [-0.15, -0.1) is 0 Å². The molecule has 1 N–H and O–H groups in total. The first-order valence-corrected chi connectivity index (χ1v) is 8.86. The maximum atomic E-state index is 12.4. The predicted octanol–water partition coefficient (Wildman–Crippen LogP) is 2.53. The number of rotatable bonds is 8. The molecule has 0 saturated carbocycles. The fourth-order valence-corrected chi connectivity index (χ4v) is 3.39. The molecule has 0 aliphatic carbocycles. The van der Waals surface area contributed by atoms with Gasteiger partial charge in [-0.25, -0.2) is 4.79 Å². The quantitative estimate of drug-likeness (QED) is 0.726. The summed E-state index contributed by atoms with van der Waals surface area (Å²) in [5.41, 5.74) is 1.06. The van der Waals surface area contributed by atoms with Gasteiger partial charge in [0, 0.05) is 22.6 Å². The number of carbonyl (C=O) groups is 2. The van der Waals surface area contributed by atoms with Gasteiger partial charge in [0.2, 0.25) is 0 Å². The number of hydrogen-bond acceptors (Lipinski definition) is 5. The highest BCUT2D eigenvalue weighted by Gasteiger charge is 2.17. The maximum absolute atomic E-state index is 12.4. The van der Waals surface area contributed by atoms with Crippen molar-refractivity contribution in [2.45, 2.75) is 5.75 Å². The lowest BCUT2D eigenvalue weighted by atomic mass is 10.1. The van der Waals surface area contributed by atoms with E-state index in [2.05, 4.69) is 0 Å². The minimum Gasteiger partial charge on any atom is -0.497 e. The van der Waals surface area contributed by atoms with Crippen molar-refractivity contribution in [1.82, 2.24) is 0 Å². The maximum Gasteiger partial charge on any atom is 0.335 e. The van der Waals surface area contributed by atoms with Gasteiger partial charge in [0.1, 0.15) is 11.5 Å². The summed E-state index contributed by atoms with van der Waals surface area (Å²) in [5.74, 6) is -0.529. The Morgan fingerprint density at radius 2 is 1.84 bits per heavy atom. The molecule has 25 heavy (non-hydrogen) atoms. The number of hydrogen-bond donors (Lipinski definition) is 1. The summed E-state index contributed by atoms with van der Waals surface area (Å²) in [6.45, 7) is 0. The van der Waals surface area contributed by atoms with Gasteiger partial charge in [0.25, 0.3) is 0 Å². The standard InChI is InChI=1S/C18H18O6S/c1-23-14-6-7-15(17(9-14)24-2)16(19)11-25(22)10-12-4-3-5-13(8-12)18(20)21/h3-9H,10-11H2,1-2H3,(H,20,21). The molecule has 0 saturated heterocycles. The molecular weight excluding hydrogens is 344 g/mol. The highest BCUT2D eigenvalue weighted by molar-refractivity contribution is 7.85. The van der Waals surface area contributed by atoms with Crippen LogP contribution in [0.25, 0.3) is 0 Å². The van der Waals surface area contributed by atoms with Crippen molar-refractivity contribution in [3.63, 3.8) is 0 Å². The lowest BCUT2D eigenvalue weighted by molar-refractivity contribution is 0.0696. The van der Waals surface area contributed by atoms with Gasteiger partial charge in [-0.2, -0.15) is 0 Å². The lowest BCUT2D eigenvalue weighted by Crippen LogP contribution is -2.13. The van der Waals surface area contributed by atoms with Crippen LogP contribution in [0.1, 0.15) is 26.3 Å². The molecule has 2 aromatic carbocycles. The highest BCUT2D eigenvalue weighted by atomic mass is 32.2. The molecule has 1 atom stereocenters. The van der Waals surface area contributed by atoms with Crippen LogP contribution in [-0.4, -0.2) is 41.0 Å². The van der Waals surface area contributed by atoms with Crippen LogP contribution in [0.15, 0.2) is 42.5 Å². The predicted molar refractivity (Wildman–Crippen MR) is 94.0 cm³/mol. The first-order valence-electron chi connectivity index (χ1n) is 7.37. The van der Waals surface area contributed by atoms with E-state index in [-0.39, 0.29) is 22.9 Å². The van der Waals surface area contributed by atoms with Crippen molar-refractivity contribution in [3.8, 4) is 11.5 Å². The van der Waals surface area contributed by atoms with Crippen molar-refractivity contribution in [2.75, 3.05) is 20.0 Å². The van der Waals surface area contributed by atoms with Crippen LogP contribution >= 0.6 is 0 Å². The average Bonchev–Trinajstić information content (AvgIpc) is 2.61. The number of ether oxygens (including phenoxy) is 2. The largest absolute Gasteiger partial charge is 0.497 e. The molecule has 6 nitrogen and oxygen atoms in total. The number of Topliss-reactive ketones (excluding diaryl/α,β-unsaturated/α-hetero) is 1. The van der Waals surface area contributed by atoms with Gasteiger partial charge in [-0.3, -0.25) is 9.00 Å². The normalized spacial score (nSPS) is 11.6. The van der Waals surface area contributed by atoms with E-state index in [9.17, 15) is 13.8 Å². The Morgan fingerprint density at radius 1 is 1.08 bits per heavy atom. The second kappa shape index (κ2) is 8.43. The minimum absolute atomic E-state index is 0.103. The van der Waals surface area contributed by atoms with Crippen LogP contribution < -0.4 is 9.47 Å². The molecule has 0 radical (unpaired) electrons. The number of carboxylic acids is 1. The van der Waals surface area contributed by atoms with E-state index in [0.29, 0.717) is 22.6 Å². The highest BCUT2D eigenvalue weighted by Crippen LogP contribution is 2.25. The third-order valence-electron chi connectivity index (χ3n) is 3.50. The van der Waals surface area contributed by atoms with Crippen LogP contribution in [0, 0.1) is 0 Å². The molecule has 0 heterocycles. The van der Waals surface area contributed by atoms with Crippen molar-refractivity contribution in [3.05, 3.63) is 59.2 Å². The second-order valence-electron chi connectivity index (χ2n) is 5.22. The van der Waals surface area contributed by atoms with Crippen molar-refractivity contribution >= 4 is 22.6 Å². The molecule has 2 rings (SSSR count). The Hall–Kier alpha value is -2.67. The van der Waals surface area contributed by atoms with Crippen molar-refractivity contribution in [2.24, 2.45) is 0 Å². The van der Waals surface area contributed by atoms with Crippen LogP contribution in [-0.2, 0) is 16.6 Å². The van der Waals surface area contributed by atoms with Crippen molar-refractivity contribution in [1.29, 1.82) is 0 Å². The Kier molecular flexibility index (Phi) is 6.30. The third kappa shape index (κ3) is 4.90. The summed E-state index contributed by atoms with van der Waals surface area (Å²) in [5, 5.41) is 8.98. The van der Waals surface area contributed by atoms with E-state index in [0.717, 1.165) is 0 Å². The Labute approximate surface area is 147 Å². The van der Waals surface area contributed by atoms with Crippen LogP contribution in [0.5, 0.6) is 11.5 Å². The molecule has 7 heteroatoms. The van der Waals surface area contributed by atoms with Crippen LogP contribution in [0.3, 0.4) is 0 Å². The number of carboxylic acid groups (broad SMARTS) is 1. The number of ketones is 1. The molecule has 0 aliphatic rings. The number of benzene rings is 2. The molecule has 0 aliphatic heterocycles. The third-order valence-corrected chi connectivity index (χ3v) is 4.74. The summed E-state index contributed by atoms with van der Waals surface area (Å²) in [6.07, 6.45) is 0. The van der Waals surface area contributed by atoms with Gasteiger partial charge in [0.15, 0.2) is 5.78 Å². The monoisotopic (exact) mass is 362 g/mol.